The van der Waals surface area contributed by atoms with E-state index in [-0.39, 0.29) is 30.1 Å². The lowest BCUT2D eigenvalue weighted by Crippen LogP contribution is -2.48. The third-order valence-electron chi connectivity index (χ3n) is 5.40. The highest BCUT2D eigenvalue weighted by Gasteiger charge is 2.29. The molecule has 1 aromatic rings. The normalized spacial score (nSPS) is 21.7. The number of hydrogen-bond donors (Lipinski definition) is 2. The summed E-state index contributed by atoms with van der Waals surface area (Å²) in [6, 6.07) is 7.59. The fourth-order valence-electron chi connectivity index (χ4n) is 3.40. The number of piperidine rings is 1. The highest BCUT2D eigenvalue weighted by molar-refractivity contribution is 5.96. The third kappa shape index (κ3) is 4.53. The molecule has 0 radical (unpaired) electrons. The molecule has 2 N–H and O–H groups in total. The van der Waals surface area contributed by atoms with Crippen molar-refractivity contribution >= 4 is 29.9 Å². The van der Waals surface area contributed by atoms with Gasteiger partial charge in [0, 0.05) is 29.8 Å². The van der Waals surface area contributed by atoms with Gasteiger partial charge in [0.2, 0.25) is 5.91 Å². The van der Waals surface area contributed by atoms with Gasteiger partial charge in [0.1, 0.15) is 0 Å². The van der Waals surface area contributed by atoms with Crippen molar-refractivity contribution in [3.8, 4) is 0 Å². The van der Waals surface area contributed by atoms with Gasteiger partial charge in [0.05, 0.1) is 0 Å². The van der Waals surface area contributed by atoms with Crippen LogP contribution in [0.3, 0.4) is 0 Å². The van der Waals surface area contributed by atoms with Crippen molar-refractivity contribution < 1.29 is 9.59 Å². The van der Waals surface area contributed by atoms with Crippen molar-refractivity contribution in [3.05, 3.63) is 29.8 Å². The first kappa shape index (κ1) is 19.7. The number of nitrogens with zero attached hydrogens (tertiary/aromatic N) is 1. The molecule has 2 unspecified atom stereocenters. The first-order chi connectivity index (χ1) is 11.6. The molecule has 1 aromatic carbocycles. The predicted octanol–water partition coefficient (Wildman–Crippen LogP) is 2.92. The van der Waals surface area contributed by atoms with Crippen LogP contribution in [0.2, 0.25) is 0 Å². The van der Waals surface area contributed by atoms with Gasteiger partial charge in [-0.1, -0.05) is 6.92 Å². The summed E-state index contributed by atoms with van der Waals surface area (Å²) in [5.41, 5.74) is 1.44. The highest BCUT2D eigenvalue weighted by atomic mass is 35.5. The molecule has 5 nitrogen and oxygen atoms in total. The summed E-state index contributed by atoms with van der Waals surface area (Å²) in [7, 11) is 0. The molecule has 2 fully saturated rings. The molecule has 3 rings (SSSR count). The lowest BCUT2D eigenvalue weighted by Gasteiger charge is -2.33. The number of likely N-dealkylation sites (tertiary alicyclic amines) is 1. The molecule has 0 bridgehead atoms. The number of rotatable bonds is 4. The number of carbonyl (C=O) groups excluding carboxylic acids is 2. The quantitative estimate of drug-likeness (QED) is 0.862. The predicted molar refractivity (Wildman–Crippen MR) is 102 cm³/mol. The Hall–Kier alpha value is -1.59. The number of hydrogen-bond acceptors (Lipinski definition) is 3. The van der Waals surface area contributed by atoms with Gasteiger partial charge in [0.15, 0.2) is 0 Å². The molecule has 6 heteroatoms. The Morgan fingerprint density at radius 1 is 1.20 bits per heavy atom. The molecule has 25 heavy (non-hydrogen) atoms. The Morgan fingerprint density at radius 3 is 2.44 bits per heavy atom. The van der Waals surface area contributed by atoms with Gasteiger partial charge in [-0.15, -0.1) is 12.4 Å². The topological polar surface area (TPSA) is 61.4 Å². The lowest BCUT2D eigenvalue weighted by molar-refractivity contribution is -0.121. The average molecular weight is 366 g/mol. The van der Waals surface area contributed by atoms with Crippen LogP contribution in [0.4, 0.5) is 5.69 Å². The molecule has 2 atom stereocenters. The van der Waals surface area contributed by atoms with E-state index >= 15 is 0 Å². The van der Waals surface area contributed by atoms with Gasteiger partial charge in [-0.3, -0.25) is 9.59 Å². The van der Waals surface area contributed by atoms with Crippen molar-refractivity contribution in [2.24, 2.45) is 11.8 Å². The number of halogens is 1. The van der Waals surface area contributed by atoms with Gasteiger partial charge in [-0.25, -0.2) is 0 Å². The molecule has 0 saturated carbocycles. The monoisotopic (exact) mass is 365 g/mol. The van der Waals surface area contributed by atoms with Crippen molar-refractivity contribution in [1.82, 2.24) is 10.2 Å². The van der Waals surface area contributed by atoms with Crippen LogP contribution < -0.4 is 10.6 Å². The number of nitrogens with one attached hydrogen (secondary N) is 2. The summed E-state index contributed by atoms with van der Waals surface area (Å²) >= 11 is 0. The minimum atomic E-state index is 0. The van der Waals surface area contributed by atoms with Gasteiger partial charge in [-0.05, 0) is 69.5 Å². The van der Waals surface area contributed by atoms with E-state index in [0.717, 1.165) is 38.2 Å². The Balaban J connectivity index is 0.00000225. The van der Waals surface area contributed by atoms with Gasteiger partial charge in [-0.2, -0.15) is 0 Å². The largest absolute Gasteiger partial charge is 0.336 e. The Morgan fingerprint density at radius 2 is 1.88 bits per heavy atom. The number of carbonyl (C=O) groups is 2. The second kappa shape index (κ2) is 8.68. The van der Waals surface area contributed by atoms with Crippen LogP contribution in [0, 0.1) is 11.8 Å². The van der Waals surface area contributed by atoms with Crippen LogP contribution in [-0.2, 0) is 4.79 Å². The first-order valence-corrected chi connectivity index (χ1v) is 8.99. The van der Waals surface area contributed by atoms with E-state index in [1.807, 2.05) is 36.1 Å². The third-order valence-corrected chi connectivity index (χ3v) is 5.40. The molecule has 2 heterocycles. The van der Waals surface area contributed by atoms with Crippen LogP contribution in [0.1, 0.15) is 43.5 Å². The van der Waals surface area contributed by atoms with Gasteiger partial charge < -0.3 is 15.5 Å². The van der Waals surface area contributed by atoms with Crippen LogP contribution in [0.25, 0.3) is 0 Å². The molecule has 138 valence electrons. The Bertz CT molecular complexity index is 601. The van der Waals surface area contributed by atoms with Crippen molar-refractivity contribution in [3.63, 3.8) is 0 Å². The fraction of sp³-hybridized carbons (Fsp3) is 0.579. The number of anilines is 1. The zero-order chi connectivity index (χ0) is 17.1. The van der Waals surface area contributed by atoms with E-state index in [4.69, 9.17) is 0 Å². The summed E-state index contributed by atoms with van der Waals surface area (Å²) in [5, 5.41) is 6.15. The SMILES string of the molecule is CC(C(=O)Nc1ccc(C(=O)N2CCCCC2C)cc1)C1CNC1.Cl. The van der Waals surface area contributed by atoms with E-state index in [1.54, 1.807) is 0 Å². The lowest BCUT2D eigenvalue weighted by atomic mass is 9.88. The van der Waals surface area contributed by atoms with Crippen LogP contribution >= 0.6 is 12.4 Å². The average Bonchev–Trinajstić information content (AvgIpc) is 2.53. The summed E-state index contributed by atoms with van der Waals surface area (Å²) in [6.07, 6.45) is 3.36. The number of benzene rings is 1. The smallest absolute Gasteiger partial charge is 0.254 e. The maximum Gasteiger partial charge on any atom is 0.254 e. The first-order valence-electron chi connectivity index (χ1n) is 8.99. The minimum Gasteiger partial charge on any atom is -0.336 e. The van der Waals surface area contributed by atoms with Crippen LogP contribution in [-0.4, -0.2) is 42.4 Å². The summed E-state index contributed by atoms with van der Waals surface area (Å²) in [5.74, 6) is 0.562. The van der Waals surface area contributed by atoms with E-state index in [0.29, 0.717) is 17.5 Å². The fourth-order valence-corrected chi connectivity index (χ4v) is 3.40. The zero-order valence-electron chi connectivity index (χ0n) is 15.0. The van der Waals surface area contributed by atoms with Crippen LogP contribution in [0.5, 0.6) is 0 Å². The summed E-state index contributed by atoms with van der Waals surface area (Å²) in [4.78, 5) is 26.8. The van der Waals surface area contributed by atoms with E-state index in [2.05, 4.69) is 17.6 Å². The standard InChI is InChI=1S/C19H27N3O2.ClH/c1-13-5-3-4-10-22(13)19(24)15-6-8-17(9-7-15)21-18(23)14(2)16-11-20-12-16;/h6-9,13-14,16,20H,3-5,10-12H2,1-2H3,(H,21,23);1H. The maximum atomic E-state index is 12.6. The van der Waals surface area contributed by atoms with E-state index in [9.17, 15) is 9.59 Å². The molecule has 0 aliphatic carbocycles. The maximum absolute atomic E-state index is 12.6. The molecular weight excluding hydrogens is 338 g/mol. The van der Waals surface area contributed by atoms with E-state index < -0.39 is 0 Å². The van der Waals surface area contributed by atoms with Crippen molar-refractivity contribution in [2.45, 2.75) is 39.2 Å². The highest BCUT2D eigenvalue weighted by Crippen LogP contribution is 2.21. The van der Waals surface area contributed by atoms with Gasteiger partial charge >= 0.3 is 0 Å². The minimum absolute atomic E-state index is 0. The molecule has 0 spiro atoms. The Labute approximate surface area is 155 Å². The summed E-state index contributed by atoms with van der Waals surface area (Å²) < 4.78 is 0. The molecule has 0 aromatic heterocycles. The second-order valence-electron chi connectivity index (χ2n) is 7.12. The molecule has 2 amide bonds. The Kier molecular flexibility index (Phi) is 6.85. The number of amides is 2. The van der Waals surface area contributed by atoms with Crippen LogP contribution in [0.15, 0.2) is 24.3 Å². The molecule has 2 aliphatic rings. The van der Waals surface area contributed by atoms with Gasteiger partial charge in [0.25, 0.3) is 5.91 Å². The molecular formula is C19H28ClN3O2. The summed E-state index contributed by atoms with van der Waals surface area (Å²) in [6.45, 7) is 6.75. The zero-order valence-corrected chi connectivity index (χ0v) is 15.8. The second-order valence-corrected chi connectivity index (χ2v) is 7.12. The molecule has 2 aliphatic heterocycles. The molecule has 2 saturated heterocycles. The van der Waals surface area contributed by atoms with E-state index in [1.165, 1.54) is 6.42 Å². The van der Waals surface area contributed by atoms with Crippen molar-refractivity contribution in [1.29, 1.82) is 0 Å². The van der Waals surface area contributed by atoms with Crippen molar-refractivity contribution in [2.75, 3.05) is 25.0 Å².